The number of hydrogen-bond donors (Lipinski definition) is 0. The molecule has 7 rings (SSSR count). The molecule has 2 aliphatic heterocycles. The summed E-state index contributed by atoms with van der Waals surface area (Å²) in [5.41, 5.74) is 4.05. The van der Waals surface area contributed by atoms with Gasteiger partial charge in [-0.1, -0.05) is 65.9 Å². The zero-order chi connectivity index (χ0) is 28.8. The first kappa shape index (κ1) is 26.0. The largest absolute Gasteiger partial charge is 0.463 e. The monoisotopic (exact) mass is 577 g/mol. The van der Waals surface area contributed by atoms with E-state index in [1.54, 1.807) is 17.6 Å². The van der Waals surface area contributed by atoms with Crippen LogP contribution in [0.5, 0.6) is 11.5 Å². The summed E-state index contributed by atoms with van der Waals surface area (Å²) in [6.45, 7) is 4.96. The van der Waals surface area contributed by atoms with Crippen LogP contribution < -0.4 is 24.4 Å². The number of fused-ring (bicyclic) bond motifs is 3. The van der Waals surface area contributed by atoms with Gasteiger partial charge in [-0.15, -0.1) is 0 Å². The third kappa shape index (κ3) is 4.24. The van der Waals surface area contributed by atoms with Crippen LogP contribution in [0.3, 0.4) is 0 Å². The van der Waals surface area contributed by atoms with Crippen LogP contribution in [0, 0.1) is 0 Å². The third-order valence-corrected chi connectivity index (χ3v) is 8.52. The van der Waals surface area contributed by atoms with E-state index in [-0.39, 0.29) is 19.0 Å². The number of benzene rings is 3. The maximum absolute atomic E-state index is 14.3. The van der Waals surface area contributed by atoms with Gasteiger partial charge >= 0.3 is 5.97 Å². The first-order valence-corrected chi connectivity index (χ1v) is 14.6. The number of ether oxygens (including phenoxy) is 3. The highest BCUT2D eigenvalue weighted by Crippen LogP contribution is 2.40. The van der Waals surface area contributed by atoms with Crippen molar-refractivity contribution >= 4 is 40.0 Å². The molecule has 0 N–H and O–H groups in total. The molecule has 8 nitrogen and oxygen atoms in total. The average Bonchev–Trinajstić information content (AvgIpc) is 3.72. The number of nitrogens with zero attached hydrogens (tertiary/aromatic N) is 3. The molecule has 0 bridgehead atoms. The zero-order valence-corrected chi connectivity index (χ0v) is 23.9. The lowest BCUT2D eigenvalue weighted by atomic mass is 9.93. The van der Waals surface area contributed by atoms with Crippen LogP contribution in [0.2, 0.25) is 0 Å². The highest BCUT2D eigenvalue weighted by atomic mass is 32.1. The molecule has 4 heterocycles. The van der Waals surface area contributed by atoms with Crippen LogP contribution in [0.4, 0.5) is 0 Å². The second kappa shape index (κ2) is 10.5. The van der Waals surface area contributed by atoms with Crippen LogP contribution in [0.15, 0.2) is 94.4 Å². The van der Waals surface area contributed by atoms with Crippen molar-refractivity contribution in [2.75, 3.05) is 13.4 Å². The number of carbonyl (C=O) groups is 1. The molecular weight excluding hydrogens is 550 g/mol. The van der Waals surface area contributed by atoms with E-state index in [2.05, 4.69) is 29.8 Å². The Balaban J connectivity index is 1.51. The molecule has 0 fully saturated rings. The molecule has 3 aromatic carbocycles. The molecule has 0 unspecified atom stereocenters. The highest BCUT2D eigenvalue weighted by molar-refractivity contribution is 7.07. The van der Waals surface area contributed by atoms with Gasteiger partial charge in [0.05, 0.1) is 28.5 Å². The highest BCUT2D eigenvalue weighted by Gasteiger charge is 2.36. The van der Waals surface area contributed by atoms with E-state index < -0.39 is 12.0 Å². The first-order chi connectivity index (χ1) is 20.6. The summed E-state index contributed by atoms with van der Waals surface area (Å²) in [7, 11) is 0. The minimum atomic E-state index is -0.788. The molecule has 42 heavy (non-hydrogen) atoms. The maximum atomic E-state index is 14.3. The van der Waals surface area contributed by atoms with Gasteiger partial charge < -0.3 is 18.8 Å². The van der Waals surface area contributed by atoms with E-state index in [9.17, 15) is 9.59 Å². The van der Waals surface area contributed by atoms with Crippen LogP contribution in [-0.4, -0.2) is 28.5 Å². The van der Waals surface area contributed by atoms with Crippen LogP contribution >= 0.6 is 11.3 Å². The summed E-state index contributed by atoms with van der Waals surface area (Å²) in [5, 5.41) is 1.06. The van der Waals surface area contributed by atoms with E-state index >= 15 is 0 Å². The smallest absolute Gasteiger partial charge is 0.338 e. The van der Waals surface area contributed by atoms with Crippen molar-refractivity contribution in [1.29, 1.82) is 0 Å². The van der Waals surface area contributed by atoms with Gasteiger partial charge in [0.15, 0.2) is 16.3 Å². The Morgan fingerprint density at radius 2 is 1.83 bits per heavy atom. The van der Waals surface area contributed by atoms with Crippen molar-refractivity contribution in [2.24, 2.45) is 4.99 Å². The normalized spacial score (nSPS) is 16.0. The Morgan fingerprint density at radius 1 is 1.05 bits per heavy atom. The van der Waals surface area contributed by atoms with Gasteiger partial charge in [-0.05, 0) is 43.7 Å². The number of carbonyl (C=O) groups excluding carboxylic acids is 1. The number of thiazole rings is 1. The van der Waals surface area contributed by atoms with Gasteiger partial charge in [0.1, 0.15) is 0 Å². The quantitative estimate of drug-likeness (QED) is 0.275. The van der Waals surface area contributed by atoms with Crippen LogP contribution in [-0.2, 0) is 16.1 Å². The number of aryl methyl sites for hydroxylation is 1. The number of hydrogen-bond acceptors (Lipinski definition) is 7. The predicted octanol–water partition coefficient (Wildman–Crippen LogP) is 4.64. The zero-order valence-electron chi connectivity index (χ0n) is 23.1. The van der Waals surface area contributed by atoms with Crippen LogP contribution in [0.25, 0.3) is 22.7 Å². The maximum Gasteiger partial charge on any atom is 0.338 e. The number of esters is 1. The SMILES string of the molecule is CCOC(=O)C1=C(c2ccccc2)N=c2s/c(=C\c3cn(CC)c4ccccc34)c(=O)n2[C@@H]1c1ccc2c(c1)OCO2. The minimum absolute atomic E-state index is 0.114. The molecule has 0 aliphatic carbocycles. The molecule has 0 saturated heterocycles. The second-order valence-corrected chi connectivity index (χ2v) is 10.9. The summed E-state index contributed by atoms with van der Waals surface area (Å²) in [5.74, 6) is 0.648. The number of aromatic nitrogens is 2. The van der Waals surface area contributed by atoms with Crippen molar-refractivity contribution in [3.8, 4) is 11.5 Å². The fourth-order valence-electron chi connectivity index (χ4n) is 5.63. The second-order valence-electron chi connectivity index (χ2n) is 9.93. The Hall–Kier alpha value is -4.89. The molecule has 5 aromatic rings. The van der Waals surface area contributed by atoms with Crippen molar-refractivity contribution in [2.45, 2.75) is 26.4 Å². The van der Waals surface area contributed by atoms with Gasteiger partial charge in [0.2, 0.25) is 6.79 Å². The summed E-state index contributed by atoms with van der Waals surface area (Å²) in [6, 6.07) is 22.4. The predicted molar refractivity (Wildman–Crippen MR) is 161 cm³/mol. The Bertz CT molecular complexity index is 2070. The van der Waals surface area contributed by atoms with Crippen molar-refractivity contribution in [3.05, 3.63) is 121 Å². The lowest BCUT2D eigenvalue weighted by Crippen LogP contribution is -2.40. The molecule has 1 atom stereocenters. The summed E-state index contributed by atoms with van der Waals surface area (Å²) in [6.07, 6.45) is 3.99. The Morgan fingerprint density at radius 3 is 2.64 bits per heavy atom. The molecular formula is C33H27N3O5S. The standard InChI is InChI=1S/C33H27N3O5S/c1-3-35-18-22(23-12-8-9-13-24(23)35)17-27-31(37)36-30(21-14-15-25-26(16-21)41-19-40-25)28(32(38)39-4-2)29(34-33(36)42-27)20-10-6-5-7-11-20/h5-18,30H,3-4,19H2,1-2H3/b27-17-/t30-/m1/s1. The lowest BCUT2D eigenvalue weighted by Gasteiger charge is -2.26. The van der Waals surface area contributed by atoms with Crippen molar-refractivity contribution in [1.82, 2.24) is 9.13 Å². The molecule has 0 amide bonds. The number of para-hydroxylation sites is 1. The molecule has 2 aliphatic rings. The van der Waals surface area contributed by atoms with Gasteiger partial charge in [0, 0.05) is 34.8 Å². The van der Waals surface area contributed by atoms with Crippen LogP contribution in [0.1, 0.15) is 36.6 Å². The van der Waals surface area contributed by atoms with E-state index in [1.165, 1.54) is 11.3 Å². The van der Waals surface area contributed by atoms with Gasteiger partial charge in [-0.2, -0.15) is 0 Å². The lowest BCUT2D eigenvalue weighted by molar-refractivity contribution is -0.138. The van der Waals surface area contributed by atoms with Crippen molar-refractivity contribution in [3.63, 3.8) is 0 Å². The van der Waals surface area contributed by atoms with Crippen molar-refractivity contribution < 1.29 is 19.0 Å². The van der Waals surface area contributed by atoms with E-state index in [1.807, 2.05) is 60.7 Å². The number of rotatable bonds is 6. The molecule has 210 valence electrons. The average molecular weight is 578 g/mol. The first-order valence-electron chi connectivity index (χ1n) is 13.8. The summed E-state index contributed by atoms with van der Waals surface area (Å²) in [4.78, 5) is 33.4. The Kier molecular flexibility index (Phi) is 6.51. The minimum Gasteiger partial charge on any atom is -0.463 e. The molecule has 0 radical (unpaired) electrons. The van der Waals surface area contributed by atoms with Gasteiger partial charge in [-0.25, -0.2) is 9.79 Å². The van der Waals surface area contributed by atoms with E-state index in [4.69, 9.17) is 19.2 Å². The Labute approximate surface area is 245 Å². The van der Waals surface area contributed by atoms with E-state index in [0.29, 0.717) is 37.7 Å². The molecule has 2 aromatic heterocycles. The summed E-state index contributed by atoms with van der Waals surface area (Å²) >= 11 is 1.31. The fourth-order valence-corrected chi connectivity index (χ4v) is 6.62. The van der Waals surface area contributed by atoms with E-state index in [0.717, 1.165) is 28.6 Å². The third-order valence-electron chi connectivity index (χ3n) is 7.53. The fraction of sp³-hybridized carbons (Fsp3) is 0.182. The van der Waals surface area contributed by atoms with Gasteiger partial charge in [0.25, 0.3) is 5.56 Å². The molecule has 9 heteroatoms. The molecule has 0 saturated carbocycles. The molecule has 0 spiro atoms. The van der Waals surface area contributed by atoms with Gasteiger partial charge in [-0.3, -0.25) is 9.36 Å². The topological polar surface area (TPSA) is 84.1 Å². The summed E-state index contributed by atoms with van der Waals surface area (Å²) < 4.78 is 21.1.